The summed E-state index contributed by atoms with van der Waals surface area (Å²) in [5, 5.41) is 11.3. The molecule has 1 amide bonds. The minimum atomic E-state index is -0.786. The molecule has 3 rings (SSSR count). The van der Waals surface area contributed by atoms with E-state index in [1.165, 1.54) is 26.2 Å². The van der Waals surface area contributed by atoms with Gasteiger partial charge in [0.15, 0.2) is 0 Å². The smallest absolute Gasteiger partial charge is 0.295 e. The number of likely N-dealkylation sites (tertiary alicyclic amines) is 1. The number of rotatable bonds is 11. The maximum Gasteiger partial charge on any atom is 0.295 e. The molecule has 0 aromatic heterocycles. The average molecular weight is 470 g/mol. The monoisotopic (exact) mass is 469 g/mol. The van der Waals surface area contributed by atoms with E-state index in [4.69, 9.17) is 18.9 Å². The summed E-state index contributed by atoms with van der Waals surface area (Å²) in [6.45, 7) is 3.14. The molecule has 0 spiro atoms. The van der Waals surface area contributed by atoms with Crippen LogP contribution in [0.4, 0.5) is 0 Å². The van der Waals surface area contributed by atoms with E-state index in [-0.39, 0.29) is 30.0 Å². The van der Waals surface area contributed by atoms with Gasteiger partial charge in [-0.05, 0) is 36.2 Å². The van der Waals surface area contributed by atoms with Crippen molar-refractivity contribution in [1.29, 1.82) is 0 Å². The Labute approximate surface area is 199 Å². The first-order chi connectivity index (χ1) is 16.5. The number of hydrogen-bond acceptors (Lipinski definition) is 7. The van der Waals surface area contributed by atoms with E-state index >= 15 is 0 Å². The Morgan fingerprint density at radius 2 is 1.68 bits per heavy atom. The summed E-state index contributed by atoms with van der Waals surface area (Å²) in [6, 6.07) is 11.3. The van der Waals surface area contributed by atoms with Crippen LogP contribution in [0.1, 0.15) is 36.9 Å². The van der Waals surface area contributed by atoms with Gasteiger partial charge in [-0.3, -0.25) is 9.59 Å². The minimum absolute atomic E-state index is 0.00998. The van der Waals surface area contributed by atoms with Crippen LogP contribution in [-0.2, 0) is 14.3 Å². The lowest BCUT2D eigenvalue weighted by atomic mass is 9.95. The van der Waals surface area contributed by atoms with Gasteiger partial charge < -0.3 is 29.0 Å². The fourth-order valence-corrected chi connectivity index (χ4v) is 3.87. The zero-order valence-electron chi connectivity index (χ0n) is 20.0. The van der Waals surface area contributed by atoms with E-state index in [9.17, 15) is 14.7 Å². The number of ether oxygens (including phenoxy) is 4. The number of aliphatic hydroxyl groups is 1. The normalized spacial score (nSPS) is 17.2. The van der Waals surface area contributed by atoms with Gasteiger partial charge in [0.05, 0.1) is 44.6 Å². The minimum Gasteiger partial charge on any atom is -0.507 e. The summed E-state index contributed by atoms with van der Waals surface area (Å²) >= 11 is 0. The van der Waals surface area contributed by atoms with Gasteiger partial charge in [-0.2, -0.15) is 0 Å². The molecule has 34 heavy (non-hydrogen) atoms. The van der Waals surface area contributed by atoms with E-state index in [0.717, 1.165) is 12.8 Å². The van der Waals surface area contributed by atoms with Crippen LogP contribution in [0.3, 0.4) is 0 Å². The third-order valence-corrected chi connectivity index (χ3v) is 5.70. The number of aliphatic hydroxyl groups excluding tert-OH is 1. The molecule has 0 saturated carbocycles. The second kappa shape index (κ2) is 11.6. The first-order valence-corrected chi connectivity index (χ1v) is 11.2. The highest BCUT2D eigenvalue weighted by Gasteiger charge is 2.46. The molecule has 2 aromatic carbocycles. The molecule has 1 fully saturated rings. The van der Waals surface area contributed by atoms with Crippen molar-refractivity contribution in [1.82, 2.24) is 4.90 Å². The van der Waals surface area contributed by atoms with Crippen molar-refractivity contribution in [3.8, 4) is 17.2 Å². The van der Waals surface area contributed by atoms with Gasteiger partial charge in [0.25, 0.3) is 11.7 Å². The highest BCUT2D eigenvalue weighted by molar-refractivity contribution is 6.46. The van der Waals surface area contributed by atoms with Gasteiger partial charge in [0.1, 0.15) is 23.0 Å². The molecule has 0 aliphatic carbocycles. The Bertz CT molecular complexity index is 1050. The van der Waals surface area contributed by atoms with Gasteiger partial charge in [-0.15, -0.1) is 0 Å². The number of amides is 1. The van der Waals surface area contributed by atoms with Gasteiger partial charge in [-0.25, -0.2) is 0 Å². The fraction of sp³-hybridized carbons (Fsp3) is 0.385. The first-order valence-electron chi connectivity index (χ1n) is 11.2. The number of nitrogens with zero attached hydrogens (tertiary/aromatic N) is 1. The van der Waals surface area contributed by atoms with E-state index < -0.39 is 17.7 Å². The topological polar surface area (TPSA) is 94.5 Å². The van der Waals surface area contributed by atoms with E-state index in [1.807, 2.05) is 0 Å². The summed E-state index contributed by atoms with van der Waals surface area (Å²) < 4.78 is 21.5. The molecular formula is C26H31NO7. The highest BCUT2D eigenvalue weighted by Crippen LogP contribution is 2.41. The zero-order valence-corrected chi connectivity index (χ0v) is 20.0. The molecule has 182 valence electrons. The third-order valence-electron chi connectivity index (χ3n) is 5.70. The van der Waals surface area contributed by atoms with E-state index in [2.05, 4.69) is 6.92 Å². The Kier molecular flexibility index (Phi) is 8.54. The Morgan fingerprint density at radius 1 is 0.971 bits per heavy atom. The predicted molar refractivity (Wildman–Crippen MR) is 127 cm³/mol. The molecule has 1 heterocycles. The van der Waals surface area contributed by atoms with Crippen molar-refractivity contribution in [3.05, 3.63) is 59.2 Å². The summed E-state index contributed by atoms with van der Waals surface area (Å²) in [6.07, 6.45) is 1.98. The molecular weight excluding hydrogens is 438 g/mol. The van der Waals surface area contributed by atoms with Crippen LogP contribution in [0.15, 0.2) is 48.0 Å². The summed E-state index contributed by atoms with van der Waals surface area (Å²) in [7, 11) is 4.50. The fourth-order valence-electron chi connectivity index (χ4n) is 3.87. The number of carbonyl (C=O) groups excluding carboxylic acids is 2. The quantitative estimate of drug-likeness (QED) is 0.230. The molecule has 8 nitrogen and oxygen atoms in total. The summed E-state index contributed by atoms with van der Waals surface area (Å²) in [5.74, 6) is -0.226. The molecule has 8 heteroatoms. The van der Waals surface area contributed by atoms with Gasteiger partial charge in [0.2, 0.25) is 0 Å². The zero-order chi connectivity index (χ0) is 24.7. The lowest BCUT2D eigenvalue weighted by Crippen LogP contribution is -2.32. The Morgan fingerprint density at radius 3 is 2.29 bits per heavy atom. The molecule has 1 N–H and O–H groups in total. The van der Waals surface area contributed by atoms with E-state index in [0.29, 0.717) is 29.4 Å². The number of methoxy groups -OCH3 is 3. The van der Waals surface area contributed by atoms with Crippen LogP contribution in [-0.4, -0.2) is 62.8 Å². The number of unbranched alkanes of at least 4 members (excludes halogenated alkanes) is 1. The van der Waals surface area contributed by atoms with Crippen molar-refractivity contribution in [2.75, 3.05) is 41.1 Å². The van der Waals surface area contributed by atoms with Crippen molar-refractivity contribution in [2.24, 2.45) is 0 Å². The predicted octanol–water partition coefficient (Wildman–Crippen LogP) is 3.95. The van der Waals surface area contributed by atoms with Crippen molar-refractivity contribution < 1.29 is 33.6 Å². The number of Topliss-reactive ketones (excluding diaryl/α,β-unsaturated/α-hetero) is 1. The van der Waals surface area contributed by atoms with Crippen LogP contribution in [0.25, 0.3) is 5.76 Å². The molecule has 0 bridgehead atoms. The average Bonchev–Trinajstić information content (AvgIpc) is 3.12. The molecule has 2 aromatic rings. The molecule has 1 unspecified atom stereocenters. The lowest BCUT2D eigenvalue weighted by Gasteiger charge is -2.25. The van der Waals surface area contributed by atoms with Gasteiger partial charge in [-0.1, -0.05) is 25.5 Å². The maximum atomic E-state index is 13.1. The second-order valence-electron chi connectivity index (χ2n) is 7.82. The molecule has 1 atom stereocenters. The molecule has 1 aliphatic rings. The van der Waals surface area contributed by atoms with Crippen LogP contribution >= 0.6 is 0 Å². The third kappa shape index (κ3) is 5.17. The number of carbonyl (C=O) groups is 2. The van der Waals surface area contributed by atoms with Crippen molar-refractivity contribution in [2.45, 2.75) is 25.8 Å². The number of benzene rings is 2. The first kappa shape index (κ1) is 25.1. The Hall–Kier alpha value is -3.52. The lowest BCUT2D eigenvalue weighted by molar-refractivity contribution is -0.140. The van der Waals surface area contributed by atoms with Crippen molar-refractivity contribution >= 4 is 17.4 Å². The maximum absolute atomic E-state index is 13.1. The largest absolute Gasteiger partial charge is 0.507 e. The molecule has 0 radical (unpaired) electrons. The highest BCUT2D eigenvalue weighted by atomic mass is 16.5. The molecule has 1 aliphatic heterocycles. The van der Waals surface area contributed by atoms with Crippen LogP contribution in [0.5, 0.6) is 17.2 Å². The summed E-state index contributed by atoms with van der Waals surface area (Å²) in [5.41, 5.74) is 0.953. The van der Waals surface area contributed by atoms with Crippen LogP contribution < -0.4 is 14.2 Å². The number of ketones is 1. The van der Waals surface area contributed by atoms with Crippen LogP contribution in [0, 0.1) is 0 Å². The Balaban J connectivity index is 2.08. The summed E-state index contributed by atoms with van der Waals surface area (Å²) in [4.78, 5) is 27.5. The standard InChI is InChI=1S/C26H31NO7/c1-5-6-14-34-18-9-7-17(8-10-18)23-22(25(29)26(30)27(23)13-15-31-2)24(28)20-12-11-19(32-3)16-21(20)33-4/h7-12,16,23,28H,5-6,13-15H2,1-4H3/b24-22-. The SMILES string of the molecule is CCCCOc1ccc(C2/C(=C(/O)c3ccc(OC)cc3OC)C(=O)C(=O)N2CCOC)cc1. The molecule has 1 saturated heterocycles. The van der Waals surface area contributed by atoms with Crippen molar-refractivity contribution in [3.63, 3.8) is 0 Å². The van der Waals surface area contributed by atoms with E-state index in [1.54, 1.807) is 42.5 Å². The van der Waals surface area contributed by atoms with Gasteiger partial charge in [0, 0.05) is 19.7 Å². The van der Waals surface area contributed by atoms with Crippen LogP contribution in [0.2, 0.25) is 0 Å². The van der Waals surface area contributed by atoms with Gasteiger partial charge >= 0.3 is 0 Å². The number of hydrogen-bond donors (Lipinski definition) is 1. The second-order valence-corrected chi connectivity index (χ2v) is 7.82.